The summed E-state index contributed by atoms with van der Waals surface area (Å²) in [7, 11) is 0. The number of nitrogens with zero attached hydrogens (tertiary/aromatic N) is 1. The smallest absolute Gasteiger partial charge is 0.399 e. The highest BCUT2D eigenvalue weighted by atomic mass is 16.9. The Bertz CT molecular complexity index is 476. The molecule has 0 N–H and O–H groups in total. The number of carbonyl (C=O) groups is 2. The lowest BCUT2D eigenvalue weighted by Crippen LogP contribution is -2.59. The summed E-state index contributed by atoms with van der Waals surface area (Å²) < 4.78 is 21.7. The molecule has 2 heterocycles. The second-order valence-electron chi connectivity index (χ2n) is 5.57. The van der Waals surface area contributed by atoms with Crippen LogP contribution < -0.4 is 0 Å². The number of hydrogen-bond donors (Lipinski definition) is 0. The summed E-state index contributed by atoms with van der Waals surface area (Å²) in [5, 5.41) is 0. The van der Waals surface area contributed by atoms with Crippen LogP contribution in [0.15, 0.2) is 4.99 Å². The average molecular weight is 299 g/mol. The summed E-state index contributed by atoms with van der Waals surface area (Å²) >= 11 is 0. The van der Waals surface area contributed by atoms with Crippen molar-refractivity contribution in [2.75, 3.05) is 6.61 Å². The first-order chi connectivity index (χ1) is 9.75. The van der Waals surface area contributed by atoms with Gasteiger partial charge in [0.25, 0.3) is 0 Å². The Labute approximate surface area is 123 Å². The second-order valence-corrected chi connectivity index (χ2v) is 5.57. The molecule has 0 saturated carbocycles. The largest absolute Gasteiger partial charge is 0.463 e. The zero-order valence-corrected chi connectivity index (χ0v) is 12.9. The minimum atomic E-state index is -1.55. The molecule has 21 heavy (non-hydrogen) atoms. The molecule has 0 aromatic carbocycles. The van der Waals surface area contributed by atoms with Gasteiger partial charge < -0.3 is 14.2 Å². The van der Waals surface area contributed by atoms with E-state index in [1.165, 1.54) is 13.8 Å². The van der Waals surface area contributed by atoms with Crippen LogP contribution in [0.3, 0.4) is 0 Å². The normalized spacial score (nSPS) is 38.0. The van der Waals surface area contributed by atoms with Crippen molar-refractivity contribution in [3.63, 3.8) is 0 Å². The molecule has 0 aromatic rings. The fourth-order valence-electron chi connectivity index (χ4n) is 2.74. The van der Waals surface area contributed by atoms with Crippen LogP contribution in [-0.2, 0) is 28.5 Å². The quantitative estimate of drug-likeness (QED) is 0.729. The second kappa shape index (κ2) is 5.63. The summed E-state index contributed by atoms with van der Waals surface area (Å²) in [6.45, 7) is 8.36. The van der Waals surface area contributed by atoms with Gasteiger partial charge in [-0.1, -0.05) is 13.8 Å². The number of ether oxygens (including phenoxy) is 4. The van der Waals surface area contributed by atoms with Crippen LogP contribution in [0.25, 0.3) is 0 Å². The molecule has 0 radical (unpaired) electrons. The monoisotopic (exact) mass is 299 g/mol. The van der Waals surface area contributed by atoms with Gasteiger partial charge in [-0.3, -0.25) is 14.3 Å². The minimum Gasteiger partial charge on any atom is -0.463 e. The first-order valence-electron chi connectivity index (χ1n) is 6.99. The van der Waals surface area contributed by atoms with Gasteiger partial charge in [0.2, 0.25) is 0 Å². The summed E-state index contributed by atoms with van der Waals surface area (Å²) in [4.78, 5) is 26.8. The Balaban J connectivity index is 2.23. The van der Waals surface area contributed by atoms with Crippen molar-refractivity contribution in [3.05, 3.63) is 0 Å². The molecule has 2 aliphatic rings. The molecule has 1 saturated heterocycles. The number of esters is 2. The van der Waals surface area contributed by atoms with Crippen LogP contribution in [0.5, 0.6) is 0 Å². The molecule has 0 aliphatic carbocycles. The Morgan fingerprint density at radius 1 is 1.24 bits per heavy atom. The van der Waals surface area contributed by atoms with Crippen molar-refractivity contribution in [1.82, 2.24) is 0 Å². The Morgan fingerprint density at radius 2 is 1.90 bits per heavy atom. The fourth-order valence-corrected chi connectivity index (χ4v) is 2.74. The third-order valence-electron chi connectivity index (χ3n) is 3.94. The summed E-state index contributed by atoms with van der Waals surface area (Å²) in [5.74, 6) is -1.94. The average Bonchev–Trinajstić information content (AvgIpc) is 2.68. The van der Waals surface area contributed by atoms with Crippen molar-refractivity contribution in [2.24, 2.45) is 16.8 Å². The number of rotatable bonds is 3. The van der Waals surface area contributed by atoms with E-state index in [-0.39, 0.29) is 24.4 Å². The van der Waals surface area contributed by atoms with E-state index in [1.54, 1.807) is 6.92 Å². The molecule has 7 nitrogen and oxygen atoms in total. The molecule has 7 heteroatoms. The van der Waals surface area contributed by atoms with Crippen molar-refractivity contribution in [3.8, 4) is 0 Å². The first kappa shape index (κ1) is 15.8. The van der Waals surface area contributed by atoms with Gasteiger partial charge in [-0.15, -0.1) is 0 Å². The zero-order chi connectivity index (χ0) is 15.8. The number of hydrogen-bond acceptors (Lipinski definition) is 7. The van der Waals surface area contributed by atoms with Crippen molar-refractivity contribution < 1.29 is 28.5 Å². The van der Waals surface area contributed by atoms with Gasteiger partial charge in [0.05, 0.1) is 0 Å². The maximum Gasteiger partial charge on any atom is 0.399 e. The lowest BCUT2D eigenvalue weighted by atomic mass is 9.81. The van der Waals surface area contributed by atoms with Crippen LogP contribution in [0.4, 0.5) is 0 Å². The van der Waals surface area contributed by atoms with E-state index in [0.29, 0.717) is 5.90 Å². The topological polar surface area (TPSA) is 83.4 Å². The fraction of sp³-hybridized carbons (Fsp3) is 0.786. The van der Waals surface area contributed by atoms with Crippen LogP contribution in [0.1, 0.15) is 34.6 Å². The van der Waals surface area contributed by atoms with Crippen molar-refractivity contribution >= 4 is 17.8 Å². The molecule has 2 aliphatic heterocycles. The predicted octanol–water partition coefficient (Wildman–Crippen LogP) is 1.25. The van der Waals surface area contributed by atoms with Gasteiger partial charge in [0.1, 0.15) is 12.7 Å². The van der Waals surface area contributed by atoms with Gasteiger partial charge >= 0.3 is 17.9 Å². The molecule has 5 atom stereocenters. The number of carbonyl (C=O) groups excluding carboxylic acids is 2. The highest BCUT2D eigenvalue weighted by molar-refractivity contribution is 5.76. The zero-order valence-electron chi connectivity index (χ0n) is 12.9. The summed E-state index contributed by atoms with van der Waals surface area (Å²) in [6.07, 6.45) is -0.430. The predicted molar refractivity (Wildman–Crippen MR) is 72.3 cm³/mol. The molecule has 118 valence electrons. The van der Waals surface area contributed by atoms with Gasteiger partial charge in [-0.2, -0.15) is 0 Å². The van der Waals surface area contributed by atoms with Crippen molar-refractivity contribution in [1.29, 1.82) is 0 Å². The lowest BCUT2D eigenvalue weighted by molar-refractivity contribution is -0.379. The maximum absolute atomic E-state index is 11.4. The van der Waals surface area contributed by atoms with E-state index in [2.05, 4.69) is 4.99 Å². The highest BCUT2D eigenvalue weighted by Gasteiger charge is 2.60. The molecular formula is C14H21NO6. The van der Waals surface area contributed by atoms with E-state index < -0.39 is 24.1 Å². The van der Waals surface area contributed by atoms with Gasteiger partial charge in [0.15, 0.2) is 11.9 Å². The number of fused-ring (bicyclic) bond motifs is 1. The van der Waals surface area contributed by atoms with E-state index in [0.717, 1.165) is 0 Å². The van der Waals surface area contributed by atoms with Crippen LogP contribution in [0, 0.1) is 11.8 Å². The summed E-state index contributed by atoms with van der Waals surface area (Å²) in [6, 6.07) is -0.426. The van der Waals surface area contributed by atoms with Crippen LogP contribution in [0.2, 0.25) is 0 Å². The third-order valence-corrected chi connectivity index (χ3v) is 3.94. The molecule has 0 spiro atoms. The number of aliphatic imine (C=N–C) groups is 1. The van der Waals surface area contributed by atoms with Gasteiger partial charge in [-0.05, 0) is 11.8 Å². The highest BCUT2D eigenvalue weighted by Crippen LogP contribution is 2.43. The molecule has 2 rings (SSSR count). The maximum atomic E-state index is 11.4. The standard InChI is InChI=1S/C14H21NO6/c1-7-8(2)13-14(20-11(5)17,19-9(3)15-13)21-12(7)6-18-10(4)16/h7-8,12-13H,6H2,1-5H3. The third kappa shape index (κ3) is 3.02. The molecule has 5 unspecified atom stereocenters. The van der Waals surface area contributed by atoms with E-state index >= 15 is 0 Å². The van der Waals surface area contributed by atoms with Crippen LogP contribution in [-0.4, -0.2) is 42.6 Å². The van der Waals surface area contributed by atoms with Gasteiger partial charge in [0, 0.05) is 20.8 Å². The Morgan fingerprint density at radius 3 is 2.48 bits per heavy atom. The molecule has 0 aromatic heterocycles. The lowest BCUT2D eigenvalue weighted by Gasteiger charge is -2.45. The van der Waals surface area contributed by atoms with Crippen LogP contribution >= 0.6 is 0 Å². The van der Waals surface area contributed by atoms with E-state index in [1.807, 2.05) is 13.8 Å². The first-order valence-corrected chi connectivity index (χ1v) is 6.99. The summed E-state index contributed by atoms with van der Waals surface area (Å²) in [5.41, 5.74) is 0. The SMILES string of the molecule is CC(=O)OCC1OC2(OC(C)=O)OC(C)=NC2C(C)C1C. The molecule has 0 amide bonds. The van der Waals surface area contributed by atoms with Gasteiger partial charge in [-0.25, -0.2) is 4.99 Å². The van der Waals surface area contributed by atoms with E-state index in [4.69, 9.17) is 18.9 Å². The molecule has 0 bridgehead atoms. The molecular weight excluding hydrogens is 278 g/mol. The Kier molecular flexibility index (Phi) is 4.22. The Hall–Kier alpha value is -1.63. The van der Waals surface area contributed by atoms with Crippen molar-refractivity contribution in [2.45, 2.75) is 52.7 Å². The minimum absolute atomic E-state index is 0.0381. The van der Waals surface area contributed by atoms with E-state index in [9.17, 15) is 9.59 Å². The molecule has 1 fully saturated rings.